The fraction of sp³-hybridized carbons (Fsp3) is 0.158. The van der Waals surface area contributed by atoms with Crippen molar-refractivity contribution >= 4 is 23.8 Å². The van der Waals surface area contributed by atoms with Crippen molar-refractivity contribution in [2.75, 3.05) is 11.9 Å². The monoisotopic (exact) mass is 353 g/mol. The number of aromatic amines is 1. The fourth-order valence-electron chi connectivity index (χ4n) is 2.58. The van der Waals surface area contributed by atoms with E-state index in [0.717, 1.165) is 11.3 Å². The highest BCUT2D eigenvalue weighted by Gasteiger charge is 2.20. The molecule has 0 radical (unpaired) electrons. The van der Waals surface area contributed by atoms with Crippen LogP contribution in [0.2, 0.25) is 0 Å². The van der Waals surface area contributed by atoms with Crippen LogP contribution in [0.1, 0.15) is 18.6 Å². The van der Waals surface area contributed by atoms with Crippen molar-refractivity contribution in [1.82, 2.24) is 9.55 Å². The zero-order valence-corrected chi connectivity index (χ0v) is 14.6. The second-order valence-corrected chi connectivity index (χ2v) is 5.81. The first-order valence-corrected chi connectivity index (χ1v) is 8.43. The van der Waals surface area contributed by atoms with Crippen molar-refractivity contribution in [1.29, 1.82) is 0 Å². The molecule has 2 N–H and O–H groups in total. The Morgan fingerprint density at radius 3 is 2.72 bits per heavy atom. The van der Waals surface area contributed by atoms with Gasteiger partial charge in [0.15, 0.2) is 10.9 Å². The summed E-state index contributed by atoms with van der Waals surface area (Å²) in [5, 5.41) is 2.93. The Labute approximate surface area is 151 Å². The number of hydrogen-bond donors (Lipinski definition) is 2. The minimum absolute atomic E-state index is 0.206. The lowest BCUT2D eigenvalue weighted by Gasteiger charge is -2.17. The lowest BCUT2D eigenvalue weighted by atomic mass is 10.1. The van der Waals surface area contributed by atoms with E-state index in [9.17, 15) is 4.79 Å². The third-order valence-corrected chi connectivity index (χ3v) is 4.03. The van der Waals surface area contributed by atoms with Crippen LogP contribution in [0.15, 0.2) is 67.0 Å². The summed E-state index contributed by atoms with van der Waals surface area (Å²) in [7, 11) is 0. The largest absolute Gasteiger partial charge is 0.364 e. The molecule has 0 spiro atoms. The summed E-state index contributed by atoms with van der Waals surface area (Å²) in [6.45, 7) is 2.32. The van der Waals surface area contributed by atoms with E-state index in [1.165, 1.54) is 0 Å². The van der Waals surface area contributed by atoms with Gasteiger partial charge >= 0.3 is 0 Å². The SMILES string of the molecule is CCO[C@H](C(=O)Nc1cccc(-n2cc[nH]c2=S)c1)c1ccccc1. The molecule has 0 saturated heterocycles. The van der Waals surface area contributed by atoms with Gasteiger partial charge in [-0.3, -0.25) is 9.36 Å². The number of hydrogen-bond acceptors (Lipinski definition) is 3. The molecular weight excluding hydrogens is 334 g/mol. The smallest absolute Gasteiger partial charge is 0.258 e. The van der Waals surface area contributed by atoms with Crippen molar-refractivity contribution in [3.63, 3.8) is 0 Å². The van der Waals surface area contributed by atoms with Gasteiger partial charge in [0.1, 0.15) is 0 Å². The van der Waals surface area contributed by atoms with E-state index in [-0.39, 0.29) is 5.91 Å². The van der Waals surface area contributed by atoms with Crippen molar-refractivity contribution in [3.05, 3.63) is 77.3 Å². The first-order valence-electron chi connectivity index (χ1n) is 8.03. The van der Waals surface area contributed by atoms with Crippen LogP contribution in [0.3, 0.4) is 0 Å². The van der Waals surface area contributed by atoms with Crippen molar-refractivity contribution in [2.24, 2.45) is 0 Å². The Morgan fingerprint density at radius 2 is 2.04 bits per heavy atom. The number of H-pyrrole nitrogens is 1. The van der Waals surface area contributed by atoms with Gasteiger partial charge in [0, 0.05) is 30.4 Å². The molecule has 0 fully saturated rings. The lowest BCUT2D eigenvalue weighted by molar-refractivity contribution is -0.127. The average molecular weight is 353 g/mol. The van der Waals surface area contributed by atoms with E-state index in [1.54, 1.807) is 6.20 Å². The first-order chi connectivity index (χ1) is 12.2. The molecule has 0 aliphatic rings. The number of rotatable bonds is 6. The standard InChI is InChI=1S/C19H19N3O2S/c1-2-24-17(14-7-4-3-5-8-14)18(23)21-15-9-6-10-16(13-15)22-12-11-20-19(22)25/h3-13,17H,2H2,1H3,(H,20,25)(H,21,23)/t17-/m0/s1. The number of nitrogens with one attached hydrogen (secondary N) is 2. The summed E-state index contributed by atoms with van der Waals surface area (Å²) in [4.78, 5) is 15.7. The molecule has 0 bridgehead atoms. The Kier molecular flexibility index (Phi) is 5.42. The summed E-state index contributed by atoms with van der Waals surface area (Å²) in [5.74, 6) is -0.206. The maximum atomic E-state index is 12.7. The number of carbonyl (C=O) groups excluding carboxylic acids is 1. The topological polar surface area (TPSA) is 59.0 Å². The van der Waals surface area contributed by atoms with Gasteiger partial charge in [-0.25, -0.2) is 0 Å². The minimum Gasteiger partial charge on any atom is -0.364 e. The highest BCUT2D eigenvalue weighted by molar-refractivity contribution is 7.71. The zero-order chi connectivity index (χ0) is 17.6. The van der Waals surface area contributed by atoms with Crippen LogP contribution in [-0.4, -0.2) is 22.1 Å². The maximum absolute atomic E-state index is 12.7. The molecule has 128 valence electrons. The molecule has 0 saturated carbocycles. The maximum Gasteiger partial charge on any atom is 0.258 e. The molecule has 0 aliphatic heterocycles. The molecule has 1 heterocycles. The van der Waals surface area contributed by atoms with Gasteiger partial charge in [-0.1, -0.05) is 36.4 Å². The van der Waals surface area contributed by atoms with Crippen LogP contribution < -0.4 is 5.32 Å². The molecule has 1 aromatic heterocycles. The number of carbonyl (C=O) groups is 1. The minimum atomic E-state index is -0.649. The van der Waals surface area contributed by atoms with Crippen LogP contribution in [-0.2, 0) is 9.53 Å². The predicted molar refractivity (Wildman–Crippen MR) is 100 cm³/mol. The number of benzene rings is 2. The average Bonchev–Trinajstić information content (AvgIpc) is 3.06. The number of nitrogens with zero attached hydrogens (tertiary/aromatic N) is 1. The first kappa shape index (κ1) is 17.1. The third kappa shape index (κ3) is 4.04. The predicted octanol–water partition coefficient (Wildman–Crippen LogP) is 4.25. The van der Waals surface area contributed by atoms with Gasteiger partial charge in [-0.15, -0.1) is 0 Å². The molecule has 1 atom stereocenters. The van der Waals surface area contributed by atoms with E-state index < -0.39 is 6.10 Å². The lowest BCUT2D eigenvalue weighted by Crippen LogP contribution is -2.23. The Hall–Kier alpha value is -2.70. The van der Waals surface area contributed by atoms with E-state index >= 15 is 0 Å². The van der Waals surface area contributed by atoms with Crippen LogP contribution in [0.5, 0.6) is 0 Å². The van der Waals surface area contributed by atoms with Crippen LogP contribution >= 0.6 is 12.2 Å². The Morgan fingerprint density at radius 1 is 1.24 bits per heavy atom. The van der Waals surface area contributed by atoms with Gasteiger partial charge < -0.3 is 15.0 Å². The summed E-state index contributed by atoms with van der Waals surface area (Å²) in [6, 6.07) is 17.0. The molecule has 3 rings (SSSR count). The Balaban J connectivity index is 1.82. The summed E-state index contributed by atoms with van der Waals surface area (Å²) in [5.41, 5.74) is 2.38. The van der Waals surface area contributed by atoms with Crippen molar-refractivity contribution < 1.29 is 9.53 Å². The van der Waals surface area contributed by atoms with E-state index in [1.807, 2.05) is 72.3 Å². The third-order valence-electron chi connectivity index (χ3n) is 3.71. The molecule has 2 aromatic carbocycles. The normalized spacial score (nSPS) is 11.9. The molecular formula is C19H19N3O2S. The molecule has 3 aromatic rings. The number of ether oxygens (including phenoxy) is 1. The van der Waals surface area contributed by atoms with Crippen molar-refractivity contribution in [3.8, 4) is 5.69 Å². The highest BCUT2D eigenvalue weighted by Crippen LogP contribution is 2.21. The molecule has 0 aliphatic carbocycles. The van der Waals surface area contributed by atoms with Gasteiger partial charge in [0.05, 0.1) is 0 Å². The molecule has 5 nitrogen and oxygen atoms in total. The second-order valence-electron chi connectivity index (χ2n) is 5.42. The van der Waals surface area contributed by atoms with Crippen LogP contribution in [0, 0.1) is 4.77 Å². The van der Waals surface area contributed by atoms with E-state index in [4.69, 9.17) is 17.0 Å². The molecule has 6 heteroatoms. The van der Waals surface area contributed by atoms with Gasteiger partial charge in [-0.05, 0) is 42.9 Å². The quantitative estimate of drug-likeness (QED) is 0.651. The van der Waals surface area contributed by atoms with Crippen LogP contribution in [0.4, 0.5) is 5.69 Å². The molecule has 1 amide bonds. The van der Waals surface area contributed by atoms with Gasteiger partial charge in [0.2, 0.25) is 0 Å². The Bertz CT molecular complexity index is 902. The zero-order valence-electron chi connectivity index (χ0n) is 13.8. The van der Waals surface area contributed by atoms with Gasteiger partial charge in [-0.2, -0.15) is 0 Å². The molecule has 0 unspecified atom stereocenters. The summed E-state index contributed by atoms with van der Waals surface area (Å²) < 4.78 is 8.08. The van der Waals surface area contributed by atoms with Crippen molar-refractivity contribution in [2.45, 2.75) is 13.0 Å². The van der Waals surface area contributed by atoms with Crippen LogP contribution in [0.25, 0.3) is 5.69 Å². The summed E-state index contributed by atoms with van der Waals surface area (Å²) >= 11 is 5.24. The highest BCUT2D eigenvalue weighted by atomic mass is 32.1. The number of amides is 1. The summed E-state index contributed by atoms with van der Waals surface area (Å²) in [6.07, 6.45) is 2.97. The van der Waals surface area contributed by atoms with Gasteiger partial charge in [0.25, 0.3) is 5.91 Å². The second kappa shape index (κ2) is 7.92. The number of anilines is 1. The molecule has 25 heavy (non-hydrogen) atoms. The van der Waals surface area contributed by atoms with E-state index in [2.05, 4.69) is 10.3 Å². The van der Waals surface area contributed by atoms with E-state index in [0.29, 0.717) is 17.1 Å². The fourth-order valence-corrected chi connectivity index (χ4v) is 2.82. The number of aromatic nitrogens is 2. The number of imidazole rings is 1.